The SMILES string of the molecule is CC(C)(C)[Si](C)(C)OC(COc1c(Cl)nc(Cl)nc1N1CCOCC1)C1CC1. The summed E-state index contributed by atoms with van der Waals surface area (Å²) in [6.07, 6.45) is 2.43. The summed E-state index contributed by atoms with van der Waals surface area (Å²) >= 11 is 12.5. The maximum absolute atomic E-state index is 6.67. The molecule has 1 aliphatic heterocycles. The van der Waals surface area contributed by atoms with Gasteiger partial charge in [-0.3, -0.25) is 0 Å². The molecule has 0 bridgehead atoms. The van der Waals surface area contributed by atoms with Gasteiger partial charge in [-0.25, -0.2) is 4.98 Å². The molecule has 1 saturated heterocycles. The van der Waals surface area contributed by atoms with E-state index in [2.05, 4.69) is 48.7 Å². The highest BCUT2D eigenvalue weighted by molar-refractivity contribution is 6.74. The molecular weight excluding hydrogens is 417 g/mol. The lowest BCUT2D eigenvalue weighted by Crippen LogP contribution is -2.46. The maximum Gasteiger partial charge on any atom is 0.226 e. The van der Waals surface area contributed by atoms with Crippen LogP contribution in [0.3, 0.4) is 0 Å². The van der Waals surface area contributed by atoms with Gasteiger partial charge in [0.25, 0.3) is 0 Å². The summed E-state index contributed by atoms with van der Waals surface area (Å²) in [6.45, 7) is 14.5. The minimum Gasteiger partial charge on any atom is -0.484 e. The van der Waals surface area contributed by atoms with Gasteiger partial charge in [0.2, 0.25) is 5.28 Å². The number of halogens is 2. The monoisotopic (exact) mass is 447 g/mol. The summed E-state index contributed by atoms with van der Waals surface area (Å²) in [7, 11) is -1.89. The molecule has 28 heavy (non-hydrogen) atoms. The standard InChI is InChI=1S/C19H31Cl2N3O3Si/c1-19(2,3)28(4,5)27-14(13-6-7-13)12-26-15-16(20)22-18(21)23-17(15)24-8-10-25-11-9-24/h13-14H,6-12H2,1-5H3. The van der Waals surface area contributed by atoms with Crippen LogP contribution in [0.25, 0.3) is 0 Å². The topological polar surface area (TPSA) is 56.7 Å². The van der Waals surface area contributed by atoms with Gasteiger partial charge in [-0.1, -0.05) is 32.4 Å². The van der Waals surface area contributed by atoms with Gasteiger partial charge >= 0.3 is 0 Å². The van der Waals surface area contributed by atoms with Crippen molar-refractivity contribution in [3.05, 3.63) is 10.4 Å². The van der Waals surface area contributed by atoms with Crippen molar-refractivity contribution >= 4 is 37.3 Å². The fourth-order valence-electron chi connectivity index (χ4n) is 2.96. The van der Waals surface area contributed by atoms with Crippen molar-refractivity contribution in [1.82, 2.24) is 9.97 Å². The van der Waals surface area contributed by atoms with E-state index in [1.54, 1.807) is 0 Å². The fraction of sp³-hybridized carbons (Fsp3) is 0.789. The quantitative estimate of drug-likeness (QED) is 0.339. The van der Waals surface area contributed by atoms with Gasteiger partial charge in [0.1, 0.15) is 6.61 Å². The Morgan fingerprint density at radius 3 is 2.39 bits per heavy atom. The van der Waals surface area contributed by atoms with Crippen LogP contribution in [-0.4, -0.2) is 57.3 Å². The second kappa shape index (κ2) is 8.64. The molecule has 0 N–H and O–H groups in total. The molecule has 0 aromatic carbocycles. The van der Waals surface area contributed by atoms with E-state index in [1.165, 1.54) is 12.8 Å². The molecule has 1 unspecified atom stereocenters. The molecule has 2 fully saturated rings. The van der Waals surface area contributed by atoms with Crippen molar-refractivity contribution in [2.45, 2.75) is 57.8 Å². The first-order valence-electron chi connectivity index (χ1n) is 9.95. The van der Waals surface area contributed by atoms with E-state index in [1.807, 2.05) is 0 Å². The average molecular weight is 448 g/mol. The number of anilines is 1. The first kappa shape index (κ1) is 22.1. The lowest BCUT2D eigenvalue weighted by Gasteiger charge is -2.39. The van der Waals surface area contributed by atoms with Crippen LogP contribution in [0.2, 0.25) is 28.6 Å². The van der Waals surface area contributed by atoms with Crippen molar-refractivity contribution in [2.75, 3.05) is 37.8 Å². The van der Waals surface area contributed by atoms with E-state index >= 15 is 0 Å². The number of hydrogen-bond acceptors (Lipinski definition) is 6. The highest BCUT2D eigenvalue weighted by Crippen LogP contribution is 2.43. The van der Waals surface area contributed by atoms with Gasteiger partial charge in [-0.15, -0.1) is 0 Å². The summed E-state index contributed by atoms with van der Waals surface area (Å²) in [5.74, 6) is 1.67. The highest BCUT2D eigenvalue weighted by atomic mass is 35.5. The number of morpholine rings is 1. The molecule has 158 valence electrons. The van der Waals surface area contributed by atoms with E-state index < -0.39 is 8.32 Å². The minimum atomic E-state index is -1.89. The highest BCUT2D eigenvalue weighted by Gasteiger charge is 2.43. The Kier molecular flexibility index (Phi) is 6.81. The maximum atomic E-state index is 6.67. The largest absolute Gasteiger partial charge is 0.484 e. The molecule has 1 aliphatic carbocycles. The first-order chi connectivity index (χ1) is 13.1. The molecule has 0 radical (unpaired) electrons. The summed E-state index contributed by atoms with van der Waals surface area (Å²) in [5, 5.41) is 0.513. The van der Waals surface area contributed by atoms with Crippen LogP contribution >= 0.6 is 23.2 Å². The predicted octanol–water partition coefficient (Wildman–Crippen LogP) is 4.80. The summed E-state index contributed by atoms with van der Waals surface area (Å²) in [5.41, 5.74) is 0. The van der Waals surface area contributed by atoms with Gasteiger partial charge in [-0.2, -0.15) is 4.98 Å². The smallest absolute Gasteiger partial charge is 0.226 e. The molecule has 0 spiro atoms. The van der Waals surface area contributed by atoms with Crippen LogP contribution in [0.5, 0.6) is 5.75 Å². The normalized spacial score (nSPS) is 19.6. The zero-order valence-corrected chi connectivity index (χ0v) is 19.9. The summed E-state index contributed by atoms with van der Waals surface area (Å²) < 4.78 is 18.3. The number of rotatable bonds is 7. The Bertz CT molecular complexity index is 690. The molecule has 0 amide bonds. The Hall–Kier alpha value is -0.603. The number of aromatic nitrogens is 2. The van der Waals surface area contributed by atoms with E-state index in [4.69, 9.17) is 37.1 Å². The third-order valence-electron chi connectivity index (χ3n) is 5.88. The zero-order valence-electron chi connectivity index (χ0n) is 17.4. The van der Waals surface area contributed by atoms with Crippen molar-refractivity contribution < 1.29 is 13.9 Å². The lowest BCUT2D eigenvalue weighted by atomic mass is 10.2. The molecule has 6 nitrogen and oxygen atoms in total. The average Bonchev–Trinajstić information content (AvgIpc) is 3.44. The first-order valence-corrected chi connectivity index (χ1v) is 13.6. The Morgan fingerprint density at radius 1 is 1.18 bits per heavy atom. The Balaban J connectivity index is 1.76. The summed E-state index contributed by atoms with van der Waals surface area (Å²) in [6, 6.07) is 0. The van der Waals surface area contributed by atoms with Crippen LogP contribution in [-0.2, 0) is 9.16 Å². The number of hydrogen-bond donors (Lipinski definition) is 0. The van der Waals surface area contributed by atoms with E-state index in [0.717, 1.165) is 0 Å². The number of ether oxygens (including phenoxy) is 2. The molecule has 3 rings (SSSR count). The zero-order chi connectivity index (χ0) is 20.5. The fourth-order valence-corrected chi connectivity index (χ4v) is 4.75. The molecule has 1 saturated carbocycles. The third-order valence-corrected chi connectivity index (χ3v) is 10.8. The van der Waals surface area contributed by atoms with Crippen LogP contribution in [0.4, 0.5) is 5.82 Å². The van der Waals surface area contributed by atoms with Crippen LogP contribution in [0.15, 0.2) is 0 Å². The van der Waals surface area contributed by atoms with Crippen LogP contribution in [0.1, 0.15) is 33.6 Å². The molecular formula is C19H31Cl2N3O3Si. The van der Waals surface area contributed by atoms with Crippen LogP contribution < -0.4 is 9.64 Å². The van der Waals surface area contributed by atoms with E-state index in [-0.39, 0.29) is 21.6 Å². The Labute approximate surface area is 179 Å². The predicted molar refractivity (Wildman–Crippen MR) is 115 cm³/mol. The second-order valence-corrected chi connectivity index (χ2v) is 14.6. The number of nitrogens with zero attached hydrogens (tertiary/aromatic N) is 3. The van der Waals surface area contributed by atoms with Gasteiger partial charge < -0.3 is 18.8 Å². The molecule has 1 aromatic rings. The van der Waals surface area contributed by atoms with Crippen molar-refractivity contribution in [3.63, 3.8) is 0 Å². The molecule has 2 heterocycles. The van der Waals surface area contributed by atoms with Gasteiger partial charge in [0.05, 0.1) is 19.3 Å². The van der Waals surface area contributed by atoms with Crippen molar-refractivity contribution in [2.24, 2.45) is 5.92 Å². The molecule has 2 aliphatic rings. The Morgan fingerprint density at radius 2 is 1.82 bits per heavy atom. The second-order valence-electron chi connectivity index (χ2n) is 9.10. The van der Waals surface area contributed by atoms with Crippen molar-refractivity contribution in [3.8, 4) is 5.75 Å². The minimum absolute atomic E-state index is 0.0603. The van der Waals surface area contributed by atoms with Gasteiger partial charge in [0, 0.05) is 13.1 Å². The third kappa shape index (κ3) is 5.30. The van der Waals surface area contributed by atoms with E-state index in [9.17, 15) is 0 Å². The van der Waals surface area contributed by atoms with Gasteiger partial charge in [0.15, 0.2) is 25.0 Å². The van der Waals surface area contributed by atoms with Gasteiger partial charge in [-0.05, 0) is 48.5 Å². The van der Waals surface area contributed by atoms with E-state index in [0.29, 0.717) is 50.4 Å². The molecule has 1 atom stereocenters. The lowest BCUT2D eigenvalue weighted by molar-refractivity contribution is 0.0964. The molecule has 1 aromatic heterocycles. The summed E-state index contributed by atoms with van der Waals surface area (Å²) in [4.78, 5) is 10.6. The molecule has 9 heteroatoms. The van der Waals surface area contributed by atoms with Crippen LogP contribution in [0, 0.1) is 5.92 Å². The van der Waals surface area contributed by atoms with Crippen molar-refractivity contribution in [1.29, 1.82) is 0 Å².